The van der Waals surface area contributed by atoms with E-state index >= 15 is 0 Å². The first-order valence-corrected chi connectivity index (χ1v) is 4.17. The highest BCUT2D eigenvalue weighted by Gasteiger charge is 2.00. The zero-order valence-electron chi connectivity index (χ0n) is 7.74. The molecule has 0 spiro atoms. The third-order valence-electron chi connectivity index (χ3n) is 1.58. The van der Waals surface area contributed by atoms with Crippen LogP contribution < -0.4 is 4.74 Å². The summed E-state index contributed by atoms with van der Waals surface area (Å²) in [5.41, 5.74) is 0. The first-order chi connectivity index (χ1) is 6.72. The largest absolute Gasteiger partial charge is 0.491 e. The van der Waals surface area contributed by atoms with E-state index in [9.17, 15) is 9.18 Å². The Morgan fingerprint density at radius 3 is 2.71 bits per heavy atom. The lowest BCUT2D eigenvalue weighted by Gasteiger charge is -2.07. The van der Waals surface area contributed by atoms with Gasteiger partial charge in [0.1, 0.15) is 18.2 Å². The Balaban J connectivity index is 2.45. The van der Waals surface area contributed by atoms with E-state index in [2.05, 4.69) is 4.99 Å². The van der Waals surface area contributed by atoms with Crippen LogP contribution in [-0.4, -0.2) is 18.7 Å². The Hall–Kier alpha value is -1.67. The molecule has 1 rings (SSSR count). The molecule has 0 amide bonds. The third-order valence-corrected chi connectivity index (χ3v) is 1.58. The number of nitrogens with zero attached hydrogens (tertiary/aromatic N) is 1. The summed E-state index contributed by atoms with van der Waals surface area (Å²) in [6.45, 7) is 2.01. The molecular formula is C10H10FNO2. The van der Waals surface area contributed by atoms with Crippen LogP contribution in [0.15, 0.2) is 29.3 Å². The molecule has 0 aromatic heterocycles. The highest BCUT2D eigenvalue weighted by molar-refractivity contribution is 5.33. The number of rotatable bonds is 4. The molecule has 0 aliphatic carbocycles. The van der Waals surface area contributed by atoms with Crippen molar-refractivity contribution in [2.45, 2.75) is 13.0 Å². The number of halogens is 1. The number of ether oxygens (including phenoxy) is 1. The standard InChI is InChI=1S/C10H10FNO2/c1-8(12-7-13)6-14-10-4-2-9(11)3-5-10/h2-5,8H,6H2,1H3. The van der Waals surface area contributed by atoms with Gasteiger partial charge in [-0.1, -0.05) is 0 Å². The molecule has 1 aromatic carbocycles. The van der Waals surface area contributed by atoms with Gasteiger partial charge in [-0.25, -0.2) is 9.18 Å². The molecule has 1 unspecified atom stereocenters. The summed E-state index contributed by atoms with van der Waals surface area (Å²) in [4.78, 5) is 13.3. The van der Waals surface area contributed by atoms with Crippen molar-refractivity contribution in [3.05, 3.63) is 30.1 Å². The van der Waals surface area contributed by atoms with Crippen molar-refractivity contribution >= 4 is 6.08 Å². The average Bonchev–Trinajstić information content (AvgIpc) is 2.17. The first-order valence-electron chi connectivity index (χ1n) is 4.17. The molecule has 3 nitrogen and oxygen atoms in total. The number of benzene rings is 1. The van der Waals surface area contributed by atoms with Gasteiger partial charge in [0.2, 0.25) is 6.08 Å². The first kappa shape index (κ1) is 10.4. The van der Waals surface area contributed by atoms with Gasteiger partial charge < -0.3 is 4.74 Å². The van der Waals surface area contributed by atoms with Crippen molar-refractivity contribution in [1.82, 2.24) is 0 Å². The van der Waals surface area contributed by atoms with Gasteiger partial charge in [-0.05, 0) is 31.2 Å². The fourth-order valence-corrected chi connectivity index (χ4v) is 0.875. The number of isocyanates is 1. The summed E-state index contributed by atoms with van der Waals surface area (Å²) in [5.74, 6) is 0.246. The molecule has 0 aliphatic heterocycles. The van der Waals surface area contributed by atoms with Crippen LogP contribution in [0.1, 0.15) is 6.92 Å². The maximum absolute atomic E-state index is 12.5. The van der Waals surface area contributed by atoms with Crippen LogP contribution in [0.4, 0.5) is 4.39 Å². The van der Waals surface area contributed by atoms with Gasteiger partial charge in [0.25, 0.3) is 0 Å². The maximum atomic E-state index is 12.5. The molecule has 0 saturated heterocycles. The minimum absolute atomic E-state index is 0.238. The fraction of sp³-hybridized carbons (Fsp3) is 0.300. The van der Waals surface area contributed by atoms with Gasteiger partial charge in [-0.15, -0.1) is 0 Å². The number of carbonyl (C=O) groups excluding carboxylic acids is 1. The molecule has 0 radical (unpaired) electrons. The van der Waals surface area contributed by atoms with Crippen LogP contribution in [0.5, 0.6) is 5.75 Å². The van der Waals surface area contributed by atoms with E-state index in [0.29, 0.717) is 5.75 Å². The minimum Gasteiger partial charge on any atom is -0.491 e. The van der Waals surface area contributed by atoms with E-state index in [1.54, 1.807) is 6.92 Å². The van der Waals surface area contributed by atoms with Gasteiger partial charge in [-0.2, -0.15) is 4.99 Å². The number of hydrogen-bond acceptors (Lipinski definition) is 3. The predicted octanol–water partition coefficient (Wildman–Crippen LogP) is 1.93. The van der Waals surface area contributed by atoms with Crippen molar-refractivity contribution in [2.24, 2.45) is 4.99 Å². The summed E-state index contributed by atoms with van der Waals surface area (Å²) in [7, 11) is 0. The van der Waals surface area contributed by atoms with Crippen LogP contribution in [-0.2, 0) is 4.79 Å². The predicted molar refractivity (Wildman–Crippen MR) is 49.5 cm³/mol. The minimum atomic E-state index is -0.309. The lowest BCUT2D eigenvalue weighted by molar-refractivity contribution is 0.296. The van der Waals surface area contributed by atoms with E-state index in [4.69, 9.17) is 4.74 Å². The van der Waals surface area contributed by atoms with E-state index in [0.717, 1.165) is 0 Å². The van der Waals surface area contributed by atoms with E-state index in [1.807, 2.05) is 0 Å². The van der Waals surface area contributed by atoms with Crippen molar-refractivity contribution < 1.29 is 13.9 Å². The normalized spacial score (nSPS) is 11.6. The van der Waals surface area contributed by atoms with E-state index in [-0.39, 0.29) is 18.5 Å². The maximum Gasteiger partial charge on any atom is 0.235 e. The molecule has 1 atom stereocenters. The summed E-state index contributed by atoms with van der Waals surface area (Å²) >= 11 is 0. The molecule has 0 N–H and O–H groups in total. The highest BCUT2D eigenvalue weighted by atomic mass is 19.1. The van der Waals surface area contributed by atoms with Crippen LogP contribution >= 0.6 is 0 Å². The zero-order valence-corrected chi connectivity index (χ0v) is 7.74. The van der Waals surface area contributed by atoms with Crippen molar-refractivity contribution in [3.63, 3.8) is 0 Å². The molecular weight excluding hydrogens is 185 g/mol. The Bertz CT molecular complexity index is 330. The lowest BCUT2D eigenvalue weighted by atomic mass is 10.3. The number of aliphatic imine (C=N–C) groups is 1. The SMILES string of the molecule is CC(COc1ccc(F)cc1)N=C=O. The smallest absolute Gasteiger partial charge is 0.235 e. The molecule has 0 aliphatic rings. The molecule has 0 saturated carbocycles. The Labute approximate surface area is 81.2 Å². The Morgan fingerprint density at radius 1 is 1.50 bits per heavy atom. The van der Waals surface area contributed by atoms with Crippen LogP contribution in [0, 0.1) is 5.82 Å². The van der Waals surface area contributed by atoms with E-state index < -0.39 is 0 Å². The second-order valence-electron chi connectivity index (χ2n) is 2.83. The summed E-state index contributed by atoms with van der Waals surface area (Å²) < 4.78 is 17.7. The zero-order chi connectivity index (χ0) is 10.4. The van der Waals surface area contributed by atoms with E-state index in [1.165, 1.54) is 30.3 Å². The highest BCUT2D eigenvalue weighted by Crippen LogP contribution is 2.11. The van der Waals surface area contributed by atoms with Crippen molar-refractivity contribution in [2.75, 3.05) is 6.61 Å². The molecule has 0 fully saturated rings. The van der Waals surface area contributed by atoms with Gasteiger partial charge >= 0.3 is 0 Å². The molecule has 14 heavy (non-hydrogen) atoms. The fourth-order valence-electron chi connectivity index (χ4n) is 0.875. The third kappa shape index (κ3) is 3.37. The monoisotopic (exact) mass is 195 g/mol. The van der Waals surface area contributed by atoms with Crippen LogP contribution in [0.3, 0.4) is 0 Å². The molecule has 0 heterocycles. The Morgan fingerprint density at radius 2 is 2.14 bits per heavy atom. The van der Waals surface area contributed by atoms with Gasteiger partial charge in [0.05, 0.1) is 6.04 Å². The molecule has 74 valence electrons. The van der Waals surface area contributed by atoms with Crippen LogP contribution in [0.2, 0.25) is 0 Å². The second kappa shape index (κ2) is 5.14. The lowest BCUT2D eigenvalue weighted by Crippen LogP contribution is -2.11. The van der Waals surface area contributed by atoms with Crippen molar-refractivity contribution in [3.8, 4) is 5.75 Å². The van der Waals surface area contributed by atoms with Gasteiger partial charge in [0, 0.05) is 0 Å². The summed E-state index contributed by atoms with van der Waals surface area (Å²) in [6, 6.07) is 5.42. The summed E-state index contributed by atoms with van der Waals surface area (Å²) in [5, 5.41) is 0. The molecule has 4 heteroatoms. The number of hydrogen-bond donors (Lipinski definition) is 0. The van der Waals surface area contributed by atoms with Crippen LogP contribution in [0.25, 0.3) is 0 Å². The Kier molecular flexibility index (Phi) is 3.83. The average molecular weight is 195 g/mol. The topological polar surface area (TPSA) is 38.7 Å². The second-order valence-corrected chi connectivity index (χ2v) is 2.83. The van der Waals surface area contributed by atoms with Gasteiger partial charge in [0.15, 0.2) is 0 Å². The molecule has 0 bridgehead atoms. The van der Waals surface area contributed by atoms with Gasteiger partial charge in [-0.3, -0.25) is 0 Å². The quantitative estimate of drug-likeness (QED) is 0.544. The molecule has 1 aromatic rings. The van der Waals surface area contributed by atoms with Crippen molar-refractivity contribution in [1.29, 1.82) is 0 Å². The summed E-state index contributed by atoms with van der Waals surface area (Å²) in [6.07, 6.45) is 1.45.